The maximum Gasteiger partial charge on any atom is 0.257 e. The van der Waals surface area contributed by atoms with Gasteiger partial charge in [-0.1, -0.05) is 23.1 Å². The van der Waals surface area contributed by atoms with Crippen LogP contribution in [0.3, 0.4) is 0 Å². The van der Waals surface area contributed by atoms with Crippen molar-refractivity contribution < 1.29 is 14.3 Å². The Labute approximate surface area is 109 Å². The Kier molecular flexibility index (Phi) is 2.77. The summed E-state index contributed by atoms with van der Waals surface area (Å²) in [6.45, 7) is 0. The normalized spacial score (nSPS) is 17.7. The lowest BCUT2D eigenvalue weighted by Gasteiger charge is -2.05. The minimum absolute atomic E-state index is 0.263. The van der Waals surface area contributed by atoms with E-state index in [2.05, 4.69) is 15.5 Å². The molecule has 1 aromatic carbocycles. The van der Waals surface area contributed by atoms with Gasteiger partial charge >= 0.3 is 0 Å². The molecule has 2 heterocycles. The Bertz CT molecular complexity index is 618. The first kappa shape index (κ1) is 11.6. The summed E-state index contributed by atoms with van der Waals surface area (Å²) < 4.78 is 14.4. The number of carbonyl (C=O) groups excluding carboxylic acids is 1. The fourth-order valence-electron chi connectivity index (χ4n) is 1.63. The lowest BCUT2D eigenvalue weighted by Crippen LogP contribution is -2.10. The number of carbonyl (C=O) groups is 1. The molecule has 1 aliphatic heterocycles. The van der Waals surface area contributed by atoms with Crippen molar-refractivity contribution in [2.24, 2.45) is 0 Å². The second-order valence-electron chi connectivity index (χ2n) is 3.57. The van der Waals surface area contributed by atoms with Crippen molar-refractivity contribution in [2.45, 2.75) is 15.3 Å². The van der Waals surface area contributed by atoms with Crippen molar-refractivity contribution >= 4 is 34.7 Å². The van der Waals surface area contributed by atoms with E-state index < -0.39 is 17.8 Å². The zero-order chi connectivity index (χ0) is 12.7. The van der Waals surface area contributed by atoms with Gasteiger partial charge in [-0.2, -0.15) is 0 Å². The Morgan fingerprint density at radius 2 is 2.33 bits per heavy atom. The number of hydrogen-bond acceptors (Lipinski definition) is 6. The van der Waals surface area contributed by atoms with Crippen LogP contribution in [0.25, 0.3) is 0 Å². The van der Waals surface area contributed by atoms with E-state index in [0.29, 0.717) is 14.9 Å². The van der Waals surface area contributed by atoms with Gasteiger partial charge in [0.1, 0.15) is 11.3 Å². The Morgan fingerprint density at radius 3 is 3.06 bits per heavy atom. The molecule has 3 rings (SSSR count). The molecule has 2 N–H and O–H groups in total. The summed E-state index contributed by atoms with van der Waals surface area (Å²) >= 11 is 2.42. The van der Waals surface area contributed by atoms with Crippen LogP contribution in [0.2, 0.25) is 0 Å². The average molecular weight is 283 g/mol. The molecule has 8 heteroatoms. The number of nitrogens with one attached hydrogen (secondary N) is 1. The first-order chi connectivity index (χ1) is 8.65. The number of aromatic nitrogens is 2. The SMILES string of the molecule is O=C1Nc2cc(Sc3nncs3)c(F)cc2C1O. The molecule has 0 aliphatic carbocycles. The largest absolute Gasteiger partial charge is 0.378 e. The number of nitrogens with zero attached hydrogens (tertiary/aromatic N) is 2. The topological polar surface area (TPSA) is 75.1 Å². The standard InChI is InChI=1S/C10H6FN3O2S2/c11-5-1-4-6(13-9(16)8(4)15)2-7(5)18-10-14-12-3-17-10/h1-3,8,15H,(H,13,16). The van der Waals surface area contributed by atoms with E-state index in [1.807, 2.05) is 0 Å². The molecule has 0 bridgehead atoms. The van der Waals surface area contributed by atoms with Crippen LogP contribution in [-0.4, -0.2) is 21.2 Å². The zero-order valence-corrected chi connectivity index (χ0v) is 10.4. The van der Waals surface area contributed by atoms with E-state index in [9.17, 15) is 14.3 Å². The molecule has 1 atom stereocenters. The number of benzene rings is 1. The van der Waals surface area contributed by atoms with Gasteiger partial charge in [-0.15, -0.1) is 10.2 Å². The second-order valence-corrected chi connectivity index (χ2v) is 5.69. The zero-order valence-electron chi connectivity index (χ0n) is 8.75. The molecule has 0 fully saturated rings. The van der Waals surface area contributed by atoms with Crippen LogP contribution in [0.15, 0.2) is 26.9 Å². The van der Waals surface area contributed by atoms with Gasteiger partial charge in [0.25, 0.3) is 5.91 Å². The van der Waals surface area contributed by atoms with E-state index >= 15 is 0 Å². The highest BCUT2D eigenvalue weighted by Crippen LogP contribution is 2.38. The molecule has 1 unspecified atom stereocenters. The number of amides is 1. The van der Waals surface area contributed by atoms with Crippen molar-refractivity contribution in [2.75, 3.05) is 5.32 Å². The molecule has 0 spiro atoms. The quantitative estimate of drug-likeness (QED) is 0.879. The van der Waals surface area contributed by atoms with E-state index in [0.717, 1.165) is 11.8 Å². The number of aliphatic hydroxyl groups excluding tert-OH is 1. The molecule has 1 amide bonds. The molecular weight excluding hydrogens is 277 g/mol. The summed E-state index contributed by atoms with van der Waals surface area (Å²) in [5, 5.41) is 19.5. The molecule has 92 valence electrons. The summed E-state index contributed by atoms with van der Waals surface area (Å²) in [6.07, 6.45) is -1.30. The highest BCUT2D eigenvalue weighted by atomic mass is 32.2. The average Bonchev–Trinajstić information content (AvgIpc) is 2.92. The Balaban J connectivity index is 1.98. The van der Waals surface area contributed by atoms with Crippen LogP contribution in [0.5, 0.6) is 0 Å². The van der Waals surface area contributed by atoms with Crippen LogP contribution < -0.4 is 5.32 Å². The van der Waals surface area contributed by atoms with E-state index in [4.69, 9.17) is 0 Å². The summed E-state index contributed by atoms with van der Waals surface area (Å²) in [4.78, 5) is 11.6. The molecule has 0 saturated heterocycles. The number of rotatable bonds is 2. The van der Waals surface area contributed by atoms with Crippen molar-refractivity contribution in [1.29, 1.82) is 0 Å². The lowest BCUT2D eigenvalue weighted by atomic mass is 10.1. The van der Waals surface area contributed by atoms with Gasteiger partial charge in [0, 0.05) is 11.3 Å². The maximum absolute atomic E-state index is 13.8. The number of halogens is 1. The number of fused-ring (bicyclic) bond motifs is 1. The van der Waals surface area contributed by atoms with E-state index in [1.165, 1.54) is 23.5 Å². The lowest BCUT2D eigenvalue weighted by molar-refractivity contribution is -0.123. The fraction of sp³-hybridized carbons (Fsp3) is 0.100. The van der Waals surface area contributed by atoms with Crippen LogP contribution in [-0.2, 0) is 4.79 Å². The van der Waals surface area contributed by atoms with E-state index in [-0.39, 0.29) is 5.56 Å². The first-order valence-corrected chi connectivity index (χ1v) is 6.61. The monoisotopic (exact) mass is 283 g/mol. The van der Waals surface area contributed by atoms with Gasteiger partial charge in [0.2, 0.25) is 0 Å². The van der Waals surface area contributed by atoms with Crippen molar-refractivity contribution in [1.82, 2.24) is 10.2 Å². The van der Waals surface area contributed by atoms with Gasteiger partial charge in [-0.25, -0.2) is 4.39 Å². The third-order valence-corrected chi connectivity index (χ3v) is 4.25. The van der Waals surface area contributed by atoms with Gasteiger partial charge < -0.3 is 10.4 Å². The van der Waals surface area contributed by atoms with Gasteiger partial charge in [0.05, 0.1) is 4.90 Å². The second kappa shape index (κ2) is 4.30. The first-order valence-electron chi connectivity index (χ1n) is 4.91. The smallest absolute Gasteiger partial charge is 0.257 e. The van der Waals surface area contributed by atoms with Crippen molar-refractivity contribution in [3.8, 4) is 0 Å². The fourth-order valence-corrected chi connectivity index (χ4v) is 3.10. The molecule has 1 aromatic heterocycles. The highest BCUT2D eigenvalue weighted by molar-refractivity contribution is 8.01. The molecule has 2 aromatic rings. The summed E-state index contributed by atoms with van der Waals surface area (Å²) in [6, 6.07) is 2.66. The molecule has 5 nitrogen and oxygen atoms in total. The summed E-state index contributed by atoms with van der Waals surface area (Å²) in [7, 11) is 0. The maximum atomic E-state index is 13.8. The molecule has 1 aliphatic rings. The van der Waals surface area contributed by atoms with Crippen molar-refractivity contribution in [3.05, 3.63) is 29.0 Å². The Hall–Kier alpha value is -1.51. The van der Waals surface area contributed by atoms with Crippen LogP contribution in [0.1, 0.15) is 11.7 Å². The van der Waals surface area contributed by atoms with E-state index in [1.54, 1.807) is 5.51 Å². The predicted molar refractivity (Wildman–Crippen MR) is 64.0 cm³/mol. The summed E-state index contributed by atoms with van der Waals surface area (Å²) in [5.74, 6) is -1.04. The Morgan fingerprint density at radius 1 is 1.50 bits per heavy atom. The van der Waals surface area contributed by atoms with Crippen LogP contribution in [0.4, 0.5) is 10.1 Å². The molecule has 0 saturated carbocycles. The number of anilines is 1. The highest BCUT2D eigenvalue weighted by Gasteiger charge is 2.30. The third kappa shape index (κ3) is 1.88. The molecule has 18 heavy (non-hydrogen) atoms. The van der Waals surface area contributed by atoms with Crippen molar-refractivity contribution in [3.63, 3.8) is 0 Å². The number of hydrogen-bond donors (Lipinski definition) is 2. The molecule has 0 radical (unpaired) electrons. The number of aliphatic hydroxyl groups is 1. The van der Waals surface area contributed by atoms with Gasteiger partial charge in [0.15, 0.2) is 10.4 Å². The minimum atomic E-state index is -1.30. The summed E-state index contributed by atoms with van der Waals surface area (Å²) in [5.41, 5.74) is 2.25. The third-order valence-electron chi connectivity index (χ3n) is 2.44. The predicted octanol–water partition coefficient (Wildman–Crippen LogP) is 1.81. The van der Waals surface area contributed by atoms with Gasteiger partial charge in [-0.3, -0.25) is 4.79 Å². The van der Waals surface area contributed by atoms with Crippen LogP contribution in [0, 0.1) is 5.82 Å². The molecular formula is C10H6FN3O2S2. The minimum Gasteiger partial charge on any atom is -0.378 e. The van der Waals surface area contributed by atoms with Gasteiger partial charge in [-0.05, 0) is 12.1 Å². The van der Waals surface area contributed by atoms with Crippen LogP contribution >= 0.6 is 23.1 Å².